The molecule has 0 bridgehead atoms. The number of ether oxygens (including phenoxy) is 1. The van der Waals surface area contributed by atoms with E-state index >= 15 is 0 Å². The molecule has 0 aliphatic rings. The van der Waals surface area contributed by atoms with Crippen LogP contribution in [0.25, 0.3) is 0 Å². The fourth-order valence-electron chi connectivity index (χ4n) is 1.46. The number of rotatable bonds is 7. The number of methoxy groups -OCH3 is 1. The van der Waals surface area contributed by atoms with Gasteiger partial charge in [0, 0.05) is 25.8 Å². The van der Waals surface area contributed by atoms with Crippen molar-refractivity contribution in [3.05, 3.63) is 12.2 Å². The normalized spacial score (nSPS) is 12.0. The highest BCUT2D eigenvalue weighted by Crippen LogP contribution is 2.03. The summed E-state index contributed by atoms with van der Waals surface area (Å²) in [4.78, 5) is 4.28. The minimum absolute atomic E-state index is 0.104. The lowest BCUT2D eigenvalue weighted by atomic mass is 10.1. The number of aromatic nitrogens is 3. The van der Waals surface area contributed by atoms with Gasteiger partial charge in [-0.2, -0.15) is 5.10 Å². The van der Waals surface area contributed by atoms with Crippen LogP contribution in [-0.4, -0.2) is 34.0 Å². The Morgan fingerprint density at radius 3 is 2.76 bits per heavy atom. The Bertz CT molecular complexity index is 317. The van der Waals surface area contributed by atoms with E-state index in [4.69, 9.17) is 4.74 Å². The minimum Gasteiger partial charge on any atom is -0.385 e. The summed E-state index contributed by atoms with van der Waals surface area (Å²) >= 11 is 0. The van der Waals surface area contributed by atoms with Crippen LogP contribution in [0.5, 0.6) is 0 Å². The molecular weight excluding hydrogens is 216 g/mol. The van der Waals surface area contributed by atoms with Gasteiger partial charge in [-0.25, -0.2) is 9.67 Å². The van der Waals surface area contributed by atoms with Gasteiger partial charge in [0.05, 0.1) is 6.54 Å². The zero-order chi connectivity index (χ0) is 12.7. The third-order valence-corrected chi connectivity index (χ3v) is 2.44. The van der Waals surface area contributed by atoms with E-state index in [1.54, 1.807) is 13.4 Å². The summed E-state index contributed by atoms with van der Waals surface area (Å²) in [7, 11) is 1.73. The van der Waals surface area contributed by atoms with E-state index in [1.807, 2.05) is 4.68 Å². The molecule has 5 nitrogen and oxygen atoms in total. The number of nitrogens with zero attached hydrogens (tertiary/aromatic N) is 3. The molecule has 0 unspecified atom stereocenters. The van der Waals surface area contributed by atoms with E-state index in [2.05, 4.69) is 36.2 Å². The average molecular weight is 240 g/mol. The third-order valence-electron chi connectivity index (χ3n) is 2.44. The monoisotopic (exact) mass is 240 g/mol. The van der Waals surface area contributed by atoms with Gasteiger partial charge in [-0.05, 0) is 33.6 Å². The standard InChI is InChI=1S/C12H24N4O/c1-12(2,3)14-9-11-13-10-15-16(11)7-5-6-8-17-4/h10,14H,5-9H2,1-4H3. The SMILES string of the molecule is COCCCCn1ncnc1CNC(C)(C)C. The molecule has 1 N–H and O–H groups in total. The van der Waals surface area contributed by atoms with Crippen molar-refractivity contribution >= 4 is 0 Å². The molecule has 0 radical (unpaired) electrons. The van der Waals surface area contributed by atoms with E-state index < -0.39 is 0 Å². The summed E-state index contributed by atoms with van der Waals surface area (Å²) in [5.74, 6) is 0.998. The summed E-state index contributed by atoms with van der Waals surface area (Å²) in [6.45, 7) is 8.91. The van der Waals surface area contributed by atoms with Crippen molar-refractivity contribution in [3.8, 4) is 0 Å². The lowest BCUT2D eigenvalue weighted by Gasteiger charge is -2.20. The second-order valence-corrected chi connectivity index (χ2v) is 5.20. The number of nitrogens with one attached hydrogen (secondary N) is 1. The van der Waals surface area contributed by atoms with Gasteiger partial charge in [0.1, 0.15) is 12.2 Å². The summed E-state index contributed by atoms with van der Waals surface area (Å²) in [5, 5.41) is 7.66. The lowest BCUT2D eigenvalue weighted by molar-refractivity contribution is 0.190. The van der Waals surface area contributed by atoms with E-state index in [0.717, 1.165) is 38.4 Å². The molecule has 1 aromatic heterocycles. The molecule has 1 rings (SSSR count). The van der Waals surface area contributed by atoms with Crippen LogP contribution < -0.4 is 5.32 Å². The summed E-state index contributed by atoms with van der Waals surface area (Å²) < 4.78 is 6.99. The molecule has 0 aromatic carbocycles. The Hall–Kier alpha value is -0.940. The fourth-order valence-corrected chi connectivity index (χ4v) is 1.46. The fraction of sp³-hybridized carbons (Fsp3) is 0.833. The van der Waals surface area contributed by atoms with Gasteiger partial charge in [-0.1, -0.05) is 0 Å². The Kier molecular flexibility index (Phi) is 5.58. The maximum absolute atomic E-state index is 5.03. The third kappa shape index (κ3) is 5.79. The average Bonchev–Trinajstić information content (AvgIpc) is 2.68. The van der Waals surface area contributed by atoms with Gasteiger partial charge in [0.2, 0.25) is 0 Å². The van der Waals surface area contributed by atoms with Crippen LogP contribution in [0.1, 0.15) is 39.4 Å². The topological polar surface area (TPSA) is 52.0 Å². The molecule has 0 amide bonds. The first-order valence-corrected chi connectivity index (χ1v) is 6.13. The predicted molar refractivity (Wildman–Crippen MR) is 67.7 cm³/mol. The molecule has 0 saturated heterocycles. The first kappa shape index (κ1) is 14.1. The first-order valence-electron chi connectivity index (χ1n) is 6.13. The summed E-state index contributed by atoms with van der Waals surface area (Å²) in [6, 6.07) is 0. The largest absolute Gasteiger partial charge is 0.385 e. The molecule has 0 aliphatic carbocycles. The van der Waals surface area contributed by atoms with Crippen molar-refractivity contribution in [1.29, 1.82) is 0 Å². The van der Waals surface area contributed by atoms with Gasteiger partial charge >= 0.3 is 0 Å². The maximum atomic E-state index is 5.03. The van der Waals surface area contributed by atoms with Crippen molar-refractivity contribution in [2.75, 3.05) is 13.7 Å². The molecule has 0 fully saturated rings. The molecule has 17 heavy (non-hydrogen) atoms. The van der Waals surface area contributed by atoms with Crippen LogP contribution in [-0.2, 0) is 17.8 Å². The van der Waals surface area contributed by atoms with Gasteiger partial charge in [0.25, 0.3) is 0 Å². The van der Waals surface area contributed by atoms with Gasteiger partial charge < -0.3 is 10.1 Å². The van der Waals surface area contributed by atoms with Crippen molar-refractivity contribution in [3.63, 3.8) is 0 Å². The lowest BCUT2D eigenvalue weighted by Crippen LogP contribution is -2.36. The number of hydrogen-bond acceptors (Lipinski definition) is 4. The second-order valence-electron chi connectivity index (χ2n) is 5.20. The van der Waals surface area contributed by atoms with Crippen LogP contribution in [0.2, 0.25) is 0 Å². The van der Waals surface area contributed by atoms with Gasteiger partial charge in [-0.15, -0.1) is 0 Å². The zero-order valence-electron chi connectivity index (χ0n) is 11.4. The quantitative estimate of drug-likeness (QED) is 0.735. The smallest absolute Gasteiger partial charge is 0.140 e. The maximum Gasteiger partial charge on any atom is 0.140 e. The van der Waals surface area contributed by atoms with Crippen LogP contribution >= 0.6 is 0 Å². The second kappa shape index (κ2) is 6.71. The Morgan fingerprint density at radius 2 is 2.12 bits per heavy atom. The van der Waals surface area contributed by atoms with Crippen molar-refractivity contribution in [2.45, 2.75) is 52.2 Å². The van der Waals surface area contributed by atoms with Gasteiger partial charge in [0.15, 0.2) is 0 Å². The molecule has 98 valence electrons. The molecular formula is C12H24N4O. The van der Waals surface area contributed by atoms with Crippen molar-refractivity contribution in [1.82, 2.24) is 20.1 Å². The first-order chi connectivity index (χ1) is 8.03. The molecule has 0 saturated carbocycles. The van der Waals surface area contributed by atoms with Crippen LogP contribution in [0, 0.1) is 0 Å². The van der Waals surface area contributed by atoms with E-state index in [9.17, 15) is 0 Å². The van der Waals surface area contributed by atoms with Crippen LogP contribution in [0.4, 0.5) is 0 Å². The van der Waals surface area contributed by atoms with E-state index in [0.29, 0.717) is 0 Å². The molecule has 1 heterocycles. The highest BCUT2D eigenvalue weighted by atomic mass is 16.5. The zero-order valence-corrected chi connectivity index (χ0v) is 11.4. The van der Waals surface area contributed by atoms with Crippen LogP contribution in [0.15, 0.2) is 6.33 Å². The number of aryl methyl sites for hydroxylation is 1. The molecule has 0 aliphatic heterocycles. The van der Waals surface area contributed by atoms with E-state index in [-0.39, 0.29) is 5.54 Å². The van der Waals surface area contributed by atoms with E-state index in [1.165, 1.54) is 0 Å². The number of unbranched alkanes of at least 4 members (excludes halogenated alkanes) is 1. The molecule has 0 atom stereocenters. The summed E-state index contributed by atoms with van der Waals surface area (Å²) in [6.07, 6.45) is 3.75. The molecule has 0 spiro atoms. The van der Waals surface area contributed by atoms with Crippen molar-refractivity contribution < 1.29 is 4.74 Å². The molecule has 5 heteroatoms. The minimum atomic E-state index is 0.104. The van der Waals surface area contributed by atoms with Crippen LogP contribution in [0.3, 0.4) is 0 Å². The Balaban J connectivity index is 2.37. The Morgan fingerprint density at radius 1 is 1.35 bits per heavy atom. The summed E-state index contributed by atoms with van der Waals surface area (Å²) in [5.41, 5.74) is 0.104. The predicted octanol–water partition coefficient (Wildman–Crippen LogP) is 1.59. The van der Waals surface area contributed by atoms with Gasteiger partial charge in [-0.3, -0.25) is 0 Å². The highest BCUT2D eigenvalue weighted by Gasteiger charge is 2.11. The van der Waals surface area contributed by atoms with Crippen molar-refractivity contribution in [2.24, 2.45) is 0 Å². The highest BCUT2D eigenvalue weighted by molar-refractivity contribution is 4.86. The Labute approximate surface area is 104 Å². The molecule has 1 aromatic rings. The number of hydrogen-bond donors (Lipinski definition) is 1.